The third-order valence-corrected chi connectivity index (χ3v) is 2.86. The Labute approximate surface area is 119 Å². The van der Waals surface area contributed by atoms with Crippen LogP contribution in [0.1, 0.15) is 21.6 Å². The van der Waals surface area contributed by atoms with Crippen LogP contribution in [0.5, 0.6) is 0 Å². The number of pyridine rings is 1. The monoisotopic (exact) mass is 294 g/mol. The van der Waals surface area contributed by atoms with Crippen LogP contribution in [0, 0.1) is 0 Å². The van der Waals surface area contributed by atoms with Crippen molar-refractivity contribution in [2.45, 2.75) is 12.6 Å². The highest BCUT2D eigenvalue weighted by Crippen LogP contribution is 2.29. The zero-order valence-corrected chi connectivity index (χ0v) is 11.0. The van der Waals surface area contributed by atoms with Crippen molar-refractivity contribution in [1.29, 1.82) is 0 Å². The number of alkyl halides is 3. The lowest BCUT2D eigenvalue weighted by Gasteiger charge is -2.11. The standard InChI is InChI=1S/C15H13F3N2O/c16-15(17,18)13-12(7-4-9-19-13)14(21)20-10-8-11-5-2-1-3-6-11/h1-7,9H,8,10H2,(H,20,21). The van der Waals surface area contributed by atoms with Gasteiger partial charge in [-0.3, -0.25) is 9.78 Å². The average molecular weight is 294 g/mol. The van der Waals surface area contributed by atoms with Gasteiger partial charge in [0.05, 0.1) is 5.56 Å². The van der Waals surface area contributed by atoms with Crippen molar-refractivity contribution in [2.75, 3.05) is 6.54 Å². The lowest BCUT2D eigenvalue weighted by molar-refractivity contribution is -0.141. The van der Waals surface area contributed by atoms with Gasteiger partial charge in [-0.15, -0.1) is 0 Å². The summed E-state index contributed by atoms with van der Waals surface area (Å²) in [6, 6.07) is 11.8. The summed E-state index contributed by atoms with van der Waals surface area (Å²) in [5.41, 5.74) is -0.625. The van der Waals surface area contributed by atoms with E-state index in [4.69, 9.17) is 0 Å². The summed E-state index contributed by atoms with van der Waals surface area (Å²) >= 11 is 0. The Bertz CT molecular complexity index is 612. The molecule has 0 aliphatic carbocycles. The van der Waals surface area contributed by atoms with Crippen molar-refractivity contribution in [1.82, 2.24) is 10.3 Å². The molecule has 2 aromatic rings. The Kier molecular flexibility index (Phi) is 4.57. The van der Waals surface area contributed by atoms with Crippen LogP contribution < -0.4 is 5.32 Å². The number of carbonyl (C=O) groups excluding carboxylic acids is 1. The molecule has 0 saturated heterocycles. The first kappa shape index (κ1) is 15.0. The van der Waals surface area contributed by atoms with E-state index >= 15 is 0 Å². The summed E-state index contributed by atoms with van der Waals surface area (Å²) in [5.74, 6) is -0.772. The van der Waals surface area contributed by atoms with Gasteiger partial charge >= 0.3 is 6.18 Å². The fourth-order valence-corrected chi connectivity index (χ4v) is 1.87. The van der Waals surface area contributed by atoms with Crippen molar-refractivity contribution in [2.24, 2.45) is 0 Å². The molecule has 110 valence electrons. The van der Waals surface area contributed by atoms with E-state index in [0.717, 1.165) is 17.8 Å². The first-order valence-electron chi connectivity index (χ1n) is 6.33. The van der Waals surface area contributed by atoms with Gasteiger partial charge in [-0.2, -0.15) is 13.2 Å². The summed E-state index contributed by atoms with van der Waals surface area (Å²) in [7, 11) is 0. The molecule has 1 aromatic heterocycles. The van der Waals surface area contributed by atoms with E-state index < -0.39 is 23.3 Å². The van der Waals surface area contributed by atoms with E-state index in [9.17, 15) is 18.0 Å². The number of nitrogens with one attached hydrogen (secondary N) is 1. The van der Waals surface area contributed by atoms with Gasteiger partial charge in [-0.05, 0) is 24.1 Å². The maximum Gasteiger partial charge on any atom is 0.434 e. The second kappa shape index (κ2) is 6.39. The molecule has 0 radical (unpaired) electrons. The van der Waals surface area contributed by atoms with Crippen molar-refractivity contribution < 1.29 is 18.0 Å². The number of carbonyl (C=O) groups is 1. The predicted octanol–water partition coefficient (Wildman–Crippen LogP) is 3.07. The number of amides is 1. The van der Waals surface area contributed by atoms with Crippen LogP contribution in [0.15, 0.2) is 48.7 Å². The normalized spacial score (nSPS) is 11.2. The van der Waals surface area contributed by atoms with Crippen LogP contribution in [-0.2, 0) is 12.6 Å². The van der Waals surface area contributed by atoms with Crippen molar-refractivity contribution in [3.8, 4) is 0 Å². The van der Waals surface area contributed by atoms with Crippen LogP contribution in [-0.4, -0.2) is 17.4 Å². The highest BCUT2D eigenvalue weighted by Gasteiger charge is 2.36. The van der Waals surface area contributed by atoms with Gasteiger partial charge in [0.2, 0.25) is 0 Å². The Morgan fingerprint density at radius 1 is 1.10 bits per heavy atom. The smallest absolute Gasteiger partial charge is 0.352 e. The van der Waals surface area contributed by atoms with Gasteiger partial charge in [-0.1, -0.05) is 30.3 Å². The quantitative estimate of drug-likeness (QED) is 0.941. The van der Waals surface area contributed by atoms with Crippen LogP contribution in [0.2, 0.25) is 0 Å². The SMILES string of the molecule is O=C(NCCc1ccccc1)c1cccnc1C(F)(F)F. The molecule has 2 rings (SSSR count). The first-order chi connectivity index (χ1) is 9.98. The Morgan fingerprint density at radius 3 is 2.48 bits per heavy atom. The minimum absolute atomic E-state index is 0.259. The average Bonchev–Trinajstić information content (AvgIpc) is 2.47. The molecular formula is C15H13F3N2O. The molecule has 0 fully saturated rings. The zero-order chi connectivity index (χ0) is 15.3. The molecule has 0 unspecified atom stereocenters. The molecule has 0 saturated carbocycles. The fraction of sp³-hybridized carbons (Fsp3) is 0.200. The highest BCUT2D eigenvalue weighted by molar-refractivity contribution is 5.95. The summed E-state index contributed by atoms with van der Waals surface area (Å²) in [6.45, 7) is 0.259. The van der Waals surface area contributed by atoms with Gasteiger partial charge < -0.3 is 5.32 Å². The van der Waals surface area contributed by atoms with E-state index in [2.05, 4.69) is 10.3 Å². The van der Waals surface area contributed by atoms with Gasteiger partial charge in [0.25, 0.3) is 5.91 Å². The van der Waals surface area contributed by atoms with E-state index in [1.54, 1.807) is 0 Å². The zero-order valence-electron chi connectivity index (χ0n) is 11.0. The van der Waals surface area contributed by atoms with Crippen molar-refractivity contribution in [3.05, 3.63) is 65.5 Å². The summed E-state index contributed by atoms with van der Waals surface area (Å²) in [4.78, 5) is 15.1. The predicted molar refractivity (Wildman–Crippen MR) is 71.7 cm³/mol. The summed E-state index contributed by atoms with van der Waals surface area (Å²) < 4.78 is 38.3. The Morgan fingerprint density at radius 2 is 1.81 bits per heavy atom. The molecule has 1 heterocycles. The third-order valence-electron chi connectivity index (χ3n) is 2.86. The first-order valence-corrected chi connectivity index (χ1v) is 6.33. The third kappa shape index (κ3) is 4.05. The maximum absolute atomic E-state index is 12.8. The molecule has 0 spiro atoms. The molecule has 6 heteroatoms. The minimum Gasteiger partial charge on any atom is -0.352 e. The number of benzene rings is 1. The van der Waals surface area contributed by atoms with E-state index in [-0.39, 0.29) is 6.54 Å². The van der Waals surface area contributed by atoms with Gasteiger partial charge in [0.1, 0.15) is 0 Å². The molecule has 0 bridgehead atoms. The topological polar surface area (TPSA) is 42.0 Å². The van der Waals surface area contributed by atoms with Crippen LogP contribution in [0.4, 0.5) is 13.2 Å². The molecular weight excluding hydrogens is 281 g/mol. The number of hydrogen-bond acceptors (Lipinski definition) is 2. The van der Waals surface area contributed by atoms with E-state index in [1.165, 1.54) is 6.07 Å². The van der Waals surface area contributed by atoms with Crippen LogP contribution in [0.25, 0.3) is 0 Å². The summed E-state index contributed by atoms with van der Waals surface area (Å²) in [6.07, 6.45) is -3.08. The molecule has 3 nitrogen and oxygen atoms in total. The maximum atomic E-state index is 12.8. The minimum atomic E-state index is -4.65. The molecule has 1 amide bonds. The number of nitrogens with zero attached hydrogens (tertiary/aromatic N) is 1. The van der Waals surface area contributed by atoms with Gasteiger partial charge in [-0.25, -0.2) is 0 Å². The number of aromatic nitrogens is 1. The van der Waals surface area contributed by atoms with Crippen molar-refractivity contribution >= 4 is 5.91 Å². The Balaban J connectivity index is 2.01. The second-order valence-corrected chi connectivity index (χ2v) is 4.39. The molecule has 0 aliphatic heterocycles. The number of rotatable bonds is 4. The second-order valence-electron chi connectivity index (χ2n) is 4.39. The largest absolute Gasteiger partial charge is 0.434 e. The van der Waals surface area contributed by atoms with Crippen LogP contribution >= 0.6 is 0 Å². The van der Waals surface area contributed by atoms with Crippen molar-refractivity contribution in [3.63, 3.8) is 0 Å². The van der Waals surface area contributed by atoms with Gasteiger partial charge in [0.15, 0.2) is 5.69 Å². The molecule has 1 N–H and O–H groups in total. The molecule has 0 aliphatic rings. The van der Waals surface area contributed by atoms with E-state index in [1.807, 2.05) is 30.3 Å². The molecule has 21 heavy (non-hydrogen) atoms. The Hall–Kier alpha value is -2.37. The highest BCUT2D eigenvalue weighted by atomic mass is 19.4. The lowest BCUT2D eigenvalue weighted by atomic mass is 10.1. The number of hydrogen-bond donors (Lipinski definition) is 1. The lowest BCUT2D eigenvalue weighted by Crippen LogP contribution is -2.28. The molecule has 1 aromatic carbocycles. The number of halogens is 3. The fourth-order valence-electron chi connectivity index (χ4n) is 1.87. The van der Waals surface area contributed by atoms with E-state index in [0.29, 0.717) is 6.42 Å². The summed E-state index contributed by atoms with van der Waals surface area (Å²) in [5, 5.41) is 2.48. The molecule has 0 atom stereocenters. The van der Waals surface area contributed by atoms with Crippen LogP contribution in [0.3, 0.4) is 0 Å². The van der Waals surface area contributed by atoms with Gasteiger partial charge in [0, 0.05) is 12.7 Å².